The minimum absolute atomic E-state index is 0.503. The predicted octanol–water partition coefficient (Wildman–Crippen LogP) is 6.33. The normalized spacial score (nSPS) is 10.8. The molecule has 0 spiro atoms. The Morgan fingerprint density at radius 1 is 0.966 bits per heavy atom. The summed E-state index contributed by atoms with van der Waals surface area (Å²) in [5, 5.41) is 4.25. The van der Waals surface area contributed by atoms with E-state index in [0.717, 1.165) is 51.6 Å². The van der Waals surface area contributed by atoms with Crippen LogP contribution in [-0.4, -0.2) is 13.7 Å². The molecule has 0 unspecified atom stereocenters. The number of hydrogen-bond acceptors (Lipinski definition) is 3. The Hall–Kier alpha value is -2.01. The van der Waals surface area contributed by atoms with E-state index in [0.29, 0.717) is 6.61 Å². The molecule has 0 atom stereocenters. The molecule has 0 bridgehead atoms. The van der Waals surface area contributed by atoms with Crippen LogP contribution >= 0.6 is 27.5 Å². The third-order valence-electron chi connectivity index (χ3n) is 4.63. The molecule has 3 nitrogen and oxygen atoms in total. The van der Waals surface area contributed by atoms with Crippen molar-refractivity contribution in [3.63, 3.8) is 0 Å². The number of rotatable bonds is 9. The molecule has 0 aliphatic carbocycles. The summed E-state index contributed by atoms with van der Waals surface area (Å²) in [6.07, 6.45) is 0.948. The van der Waals surface area contributed by atoms with Crippen molar-refractivity contribution < 1.29 is 9.47 Å². The summed E-state index contributed by atoms with van der Waals surface area (Å²) in [6.45, 7) is 4.20. The van der Waals surface area contributed by atoms with Gasteiger partial charge in [-0.2, -0.15) is 0 Å². The Bertz CT molecular complexity index is 944. The van der Waals surface area contributed by atoms with E-state index >= 15 is 0 Å². The zero-order valence-corrected chi connectivity index (χ0v) is 19.0. The first kappa shape index (κ1) is 21.7. The second-order valence-corrected chi connectivity index (χ2v) is 8.22. The lowest BCUT2D eigenvalue weighted by atomic mass is 10.1. The fourth-order valence-electron chi connectivity index (χ4n) is 3.05. The van der Waals surface area contributed by atoms with Crippen LogP contribution in [0.1, 0.15) is 22.3 Å². The lowest BCUT2D eigenvalue weighted by Gasteiger charge is -2.15. The first-order valence-corrected chi connectivity index (χ1v) is 10.7. The van der Waals surface area contributed by atoms with Crippen LogP contribution in [0.25, 0.3) is 0 Å². The number of nitrogens with one attached hydrogen (secondary N) is 1. The van der Waals surface area contributed by atoms with Gasteiger partial charge >= 0.3 is 0 Å². The Morgan fingerprint density at radius 3 is 2.48 bits per heavy atom. The third kappa shape index (κ3) is 6.49. The average molecular weight is 475 g/mol. The first-order chi connectivity index (χ1) is 14.0. The van der Waals surface area contributed by atoms with Crippen molar-refractivity contribution in [1.82, 2.24) is 5.32 Å². The van der Waals surface area contributed by atoms with Crippen LogP contribution in [0.3, 0.4) is 0 Å². The van der Waals surface area contributed by atoms with E-state index in [2.05, 4.69) is 58.5 Å². The molecular weight excluding hydrogens is 450 g/mol. The molecule has 0 radical (unpaired) electrons. The van der Waals surface area contributed by atoms with Gasteiger partial charge in [0.05, 0.1) is 7.11 Å². The zero-order chi connectivity index (χ0) is 20.6. The highest BCUT2D eigenvalue weighted by Crippen LogP contribution is 2.34. The van der Waals surface area contributed by atoms with Gasteiger partial charge in [-0.1, -0.05) is 69.5 Å². The molecule has 1 N–H and O–H groups in total. The van der Waals surface area contributed by atoms with Crippen LogP contribution in [0.15, 0.2) is 65.1 Å². The molecule has 3 aromatic rings. The van der Waals surface area contributed by atoms with E-state index in [9.17, 15) is 0 Å². The van der Waals surface area contributed by atoms with Crippen molar-refractivity contribution in [1.29, 1.82) is 0 Å². The fourth-order valence-corrected chi connectivity index (χ4v) is 3.64. The molecule has 0 saturated carbocycles. The van der Waals surface area contributed by atoms with Gasteiger partial charge in [-0.3, -0.25) is 0 Å². The summed E-state index contributed by atoms with van der Waals surface area (Å²) in [5.74, 6) is 1.46. The van der Waals surface area contributed by atoms with Crippen LogP contribution in [0, 0.1) is 6.92 Å². The number of methoxy groups -OCH3 is 1. The Balaban J connectivity index is 1.57. The van der Waals surface area contributed by atoms with E-state index in [1.807, 2.05) is 30.3 Å². The number of aryl methyl sites for hydroxylation is 1. The second kappa shape index (κ2) is 10.7. The molecule has 0 fully saturated rings. The number of hydrogen-bond donors (Lipinski definition) is 1. The third-order valence-corrected chi connectivity index (χ3v) is 5.62. The van der Waals surface area contributed by atoms with Gasteiger partial charge in [0, 0.05) is 16.0 Å². The maximum Gasteiger partial charge on any atom is 0.162 e. The molecule has 0 saturated heterocycles. The van der Waals surface area contributed by atoms with E-state index in [4.69, 9.17) is 21.1 Å². The zero-order valence-electron chi connectivity index (χ0n) is 16.7. The average Bonchev–Trinajstić information content (AvgIpc) is 2.72. The van der Waals surface area contributed by atoms with E-state index in [1.54, 1.807) is 7.11 Å². The fraction of sp³-hybridized carbons (Fsp3) is 0.250. The summed E-state index contributed by atoms with van der Waals surface area (Å²) in [6, 6.07) is 20.3. The highest BCUT2D eigenvalue weighted by Gasteiger charge is 2.11. The largest absolute Gasteiger partial charge is 0.493 e. The van der Waals surface area contributed by atoms with E-state index < -0.39 is 0 Å². The predicted molar refractivity (Wildman–Crippen MR) is 123 cm³/mol. The highest BCUT2D eigenvalue weighted by atomic mass is 79.9. The molecule has 3 rings (SSSR count). The maximum atomic E-state index is 6.01. The quantitative estimate of drug-likeness (QED) is 0.368. The summed E-state index contributed by atoms with van der Waals surface area (Å²) in [7, 11) is 1.67. The van der Waals surface area contributed by atoms with Gasteiger partial charge in [-0.05, 0) is 60.8 Å². The van der Waals surface area contributed by atoms with E-state index in [-0.39, 0.29) is 0 Å². The molecule has 0 amide bonds. The van der Waals surface area contributed by atoms with Crippen molar-refractivity contribution in [3.05, 3.63) is 92.4 Å². The molecule has 3 aromatic carbocycles. The van der Waals surface area contributed by atoms with Gasteiger partial charge in [-0.25, -0.2) is 0 Å². The van der Waals surface area contributed by atoms with Gasteiger partial charge in [0.1, 0.15) is 6.61 Å². The number of benzene rings is 3. The van der Waals surface area contributed by atoms with Gasteiger partial charge in [-0.15, -0.1) is 0 Å². The summed E-state index contributed by atoms with van der Waals surface area (Å²) < 4.78 is 12.6. The molecule has 5 heteroatoms. The topological polar surface area (TPSA) is 30.5 Å². The van der Waals surface area contributed by atoms with Crippen LogP contribution in [0.5, 0.6) is 11.5 Å². The van der Waals surface area contributed by atoms with Crippen LogP contribution in [0.4, 0.5) is 0 Å². The van der Waals surface area contributed by atoms with Crippen LogP contribution in [-0.2, 0) is 19.6 Å². The monoisotopic (exact) mass is 473 g/mol. The standard InChI is InChI=1S/C24H25BrClNO2/c1-17-4-3-5-19(12-17)16-29-24-14-22(25)20(13-23(24)28-2)15-27-11-10-18-6-8-21(26)9-7-18/h3-9,12-14,27H,10-11,15-16H2,1-2H3. The Labute approximate surface area is 186 Å². The lowest BCUT2D eigenvalue weighted by Crippen LogP contribution is -2.17. The number of halogens is 2. The summed E-state index contributed by atoms with van der Waals surface area (Å²) in [4.78, 5) is 0. The molecule has 0 heterocycles. The SMILES string of the molecule is COc1cc(CNCCc2ccc(Cl)cc2)c(Br)cc1OCc1cccc(C)c1. The second-order valence-electron chi connectivity index (χ2n) is 6.93. The van der Waals surface area contributed by atoms with Crippen molar-refractivity contribution in [3.8, 4) is 11.5 Å². The molecule has 152 valence electrons. The van der Waals surface area contributed by atoms with Crippen LogP contribution < -0.4 is 14.8 Å². The van der Waals surface area contributed by atoms with Crippen molar-refractivity contribution in [2.24, 2.45) is 0 Å². The Kier molecular flexibility index (Phi) is 7.99. The van der Waals surface area contributed by atoms with Gasteiger partial charge in [0.15, 0.2) is 11.5 Å². The van der Waals surface area contributed by atoms with Gasteiger partial charge < -0.3 is 14.8 Å². The lowest BCUT2D eigenvalue weighted by molar-refractivity contribution is 0.284. The van der Waals surface area contributed by atoms with E-state index in [1.165, 1.54) is 11.1 Å². The molecular formula is C24H25BrClNO2. The van der Waals surface area contributed by atoms with Crippen molar-refractivity contribution >= 4 is 27.5 Å². The summed E-state index contributed by atoms with van der Waals surface area (Å²) in [5.41, 5.74) is 4.75. The molecule has 29 heavy (non-hydrogen) atoms. The first-order valence-electron chi connectivity index (χ1n) is 9.55. The molecule has 0 aliphatic rings. The smallest absolute Gasteiger partial charge is 0.162 e. The van der Waals surface area contributed by atoms with Crippen LogP contribution in [0.2, 0.25) is 5.02 Å². The minimum atomic E-state index is 0.503. The summed E-state index contributed by atoms with van der Waals surface area (Å²) >= 11 is 9.60. The van der Waals surface area contributed by atoms with Crippen molar-refractivity contribution in [2.75, 3.05) is 13.7 Å². The van der Waals surface area contributed by atoms with Crippen molar-refractivity contribution in [2.45, 2.75) is 26.5 Å². The molecule has 0 aromatic heterocycles. The number of ether oxygens (including phenoxy) is 2. The van der Waals surface area contributed by atoms with Gasteiger partial charge in [0.2, 0.25) is 0 Å². The van der Waals surface area contributed by atoms with Gasteiger partial charge in [0.25, 0.3) is 0 Å². The minimum Gasteiger partial charge on any atom is -0.493 e. The Morgan fingerprint density at radius 2 is 1.76 bits per heavy atom. The maximum absolute atomic E-state index is 6.01. The molecule has 0 aliphatic heterocycles. The highest BCUT2D eigenvalue weighted by molar-refractivity contribution is 9.10.